The first-order valence-electron chi connectivity index (χ1n) is 22.9. The minimum atomic E-state index is -0.829. The maximum atomic E-state index is 14.3. The molecule has 4 aromatic heterocycles. The van der Waals surface area contributed by atoms with E-state index in [0.29, 0.717) is 16.6 Å². The third kappa shape index (κ3) is 10.00. The van der Waals surface area contributed by atoms with Crippen LogP contribution in [0, 0.1) is 33.6 Å². The summed E-state index contributed by atoms with van der Waals surface area (Å²) in [7, 11) is 0. The number of carbonyl (C=O) groups is 3. The normalized spacial score (nSPS) is 17.0. The van der Waals surface area contributed by atoms with Crippen LogP contribution in [-0.4, -0.2) is 94.8 Å². The minimum absolute atomic E-state index is 0.0506. The zero-order valence-corrected chi connectivity index (χ0v) is 41.5. The number of carbonyl (C=O) groups excluding carboxylic acids is 3. The van der Waals surface area contributed by atoms with E-state index in [4.69, 9.17) is 21.3 Å². The molecule has 18 heteroatoms. The average Bonchev–Trinajstić information content (AvgIpc) is 4.18. The number of aromatic nitrogens is 6. The fraction of sp³-hybridized carbons (Fsp3) is 0.333. The summed E-state index contributed by atoms with van der Waals surface area (Å²) < 4.78 is 9.78. The second kappa shape index (κ2) is 20.2. The molecule has 4 atom stereocenters. The van der Waals surface area contributed by atoms with Crippen molar-refractivity contribution in [2.24, 2.45) is 10.9 Å². The van der Waals surface area contributed by atoms with Gasteiger partial charge in [0, 0.05) is 52.3 Å². The molecule has 0 bridgehead atoms. The van der Waals surface area contributed by atoms with Crippen LogP contribution in [0.2, 0.25) is 5.02 Å². The van der Waals surface area contributed by atoms with Gasteiger partial charge in [0.25, 0.3) is 0 Å². The Hall–Kier alpha value is -6.53. The zero-order chi connectivity index (χ0) is 48.5. The first kappa shape index (κ1) is 47.5. The number of aryl methyl sites for hydroxylation is 3. The Labute approximate surface area is 413 Å². The fourth-order valence-corrected chi connectivity index (χ4v) is 11.1. The molecule has 69 heavy (non-hydrogen) atoms. The summed E-state index contributed by atoms with van der Waals surface area (Å²) >= 11 is 9.51. The highest BCUT2D eigenvalue weighted by Crippen LogP contribution is 2.40. The molecule has 1 saturated heterocycles. The Balaban J connectivity index is 0.817. The fourth-order valence-electron chi connectivity index (χ4n) is 8.98. The van der Waals surface area contributed by atoms with Crippen LogP contribution in [-0.2, 0) is 20.9 Å². The molecule has 356 valence electrons. The highest BCUT2D eigenvalue weighted by molar-refractivity contribution is 7.15. The number of aliphatic hydroxyl groups is 1. The molecule has 0 saturated carbocycles. The van der Waals surface area contributed by atoms with Gasteiger partial charge in [0.15, 0.2) is 5.82 Å². The first-order chi connectivity index (χ1) is 33.2. The van der Waals surface area contributed by atoms with Gasteiger partial charge in [-0.25, -0.2) is 4.98 Å². The number of ether oxygens (including phenoxy) is 1. The monoisotopic (exact) mass is 984 g/mol. The van der Waals surface area contributed by atoms with Gasteiger partial charge in [0.05, 0.1) is 47.1 Å². The Bertz CT molecular complexity index is 3050. The number of nitrogens with zero attached hydrogens (tertiary/aromatic N) is 8. The quantitative estimate of drug-likeness (QED) is 0.0855. The summed E-state index contributed by atoms with van der Waals surface area (Å²) in [5.74, 6) is 0.932. The van der Waals surface area contributed by atoms with E-state index < -0.39 is 24.2 Å². The van der Waals surface area contributed by atoms with E-state index in [-0.39, 0.29) is 62.7 Å². The lowest BCUT2D eigenvalue weighted by molar-refractivity contribution is -0.142. The Morgan fingerprint density at radius 3 is 2.45 bits per heavy atom. The lowest BCUT2D eigenvalue weighted by Crippen LogP contribution is -2.49. The van der Waals surface area contributed by atoms with Gasteiger partial charge in [-0.3, -0.25) is 28.6 Å². The Morgan fingerprint density at radius 1 is 0.942 bits per heavy atom. The third-order valence-electron chi connectivity index (χ3n) is 12.7. The molecular formula is C51H53ClN10O5S2. The van der Waals surface area contributed by atoms with Gasteiger partial charge in [-0.05, 0) is 80.1 Å². The van der Waals surface area contributed by atoms with Gasteiger partial charge in [0.2, 0.25) is 17.7 Å². The molecule has 6 heterocycles. The topological polar surface area (TPSA) is 182 Å². The van der Waals surface area contributed by atoms with Gasteiger partial charge < -0.3 is 25.4 Å². The molecule has 9 rings (SSSR count). The summed E-state index contributed by atoms with van der Waals surface area (Å²) in [5, 5.41) is 31.9. The number of hydrogen-bond acceptors (Lipinski definition) is 12. The van der Waals surface area contributed by atoms with Crippen molar-refractivity contribution in [3.8, 4) is 32.3 Å². The van der Waals surface area contributed by atoms with Crippen LogP contribution in [0.1, 0.15) is 83.2 Å². The van der Waals surface area contributed by atoms with E-state index in [0.717, 1.165) is 66.1 Å². The molecule has 3 N–H and O–H groups in total. The maximum absolute atomic E-state index is 14.3. The number of rotatable bonds is 15. The largest absolute Gasteiger partial charge is 0.492 e. The van der Waals surface area contributed by atoms with Crippen LogP contribution in [0.15, 0.2) is 95.7 Å². The summed E-state index contributed by atoms with van der Waals surface area (Å²) in [6, 6.07) is 20.9. The predicted molar refractivity (Wildman–Crippen MR) is 268 cm³/mol. The lowest BCUT2D eigenvalue weighted by atomic mass is 9.99. The molecule has 3 amide bonds. The Kier molecular flexibility index (Phi) is 13.9. The maximum Gasteiger partial charge on any atom is 0.248 e. The summed E-state index contributed by atoms with van der Waals surface area (Å²) in [4.78, 5) is 54.8. The minimum Gasteiger partial charge on any atom is -0.492 e. The number of fused-ring (bicyclic) bond motifs is 3. The van der Waals surface area contributed by atoms with Gasteiger partial charge in [-0.1, -0.05) is 74.0 Å². The standard InChI is InChI=1S/C51H53ClN10O5S2/c1-28(2)46(50(66)60-26-39(63)21-42(60)49(65)54-23-33-10-12-35(13-11-33)47-30(4)55-27-68-47)61-25-37(24-56-61)36-8-7-9-40(20-36)67-19-18-53-43(64)22-41-48-59-58-32(6)62(48)51-44(29(3)31(5)69-51)45(57-41)34-14-16-38(52)17-15-34/h7-17,20,24-25,27-28,39,41-42,46,63H,18-19,21-23,26H2,1-6H3,(H,53,64)(H,54,65)/t39-,41?,42+,46+/m1/s1. The van der Waals surface area contributed by atoms with Crippen molar-refractivity contribution in [2.75, 3.05) is 19.7 Å². The van der Waals surface area contributed by atoms with Crippen LogP contribution in [0.4, 0.5) is 0 Å². The number of aliphatic imine (C=N–C) groups is 1. The third-order valence-corrected chi connectivity index (χ3v) is 15.1. The molecule has 1 unspecified atom stereocenters. The number of benzene rings is 3. The van der Waals surface area contributed by atoms with E-state index >= 15 is 0 Å². The summed E-state index contributed by atoms with van der Waals surface area (Å²) in [6.07, 6.45) is 2.89. The molecule has 0 radical (unpaired) electrons. The van der Waals surface area contributed by atoms with Gasteiger partial charge in [0.1, 0.15) is 41.3 Å². The first-order valence-corrected chi connectivity index (χ1v) is 25.0. The molecule has 1 fully saturated rings. The van der Waals surface area contributed by atoms with Crippen molar-refractivity contribution in [1.29, 1.82) is 0 Å². The van der Waals surface area contributed by atoms with Crippen molar-refractivity contribution < 1.29 is 24.2 Å². The summed E-state index contributed by atoms with van der Waals surface area (Å²) in [5.41, 5.74) is 10.2. The molecule has 0 spiro atoms. The van der Waals surface area contributed by atoms with Gasteiger partial charge in [-0.15, -0.1) is 32.9 Å². The molecule has 0 aliphatic carbocycles. The number of hydrogen-bond donors (Lipinski definition) is 3. The molecule has 15 nitrogen and oxygen atoms in total. The second-order valence-corrected chi connectivity index (χ2v) is 20.3. The van der Waals surface area contributed by atoms with Crippen LogP contribution in [0.25, 0.3) is 26.6 Å². The molecule has 2 aliphatic heterocycles. The number of halogens is 1. The molecule has 3 aromatic carbocycles. The number of thiazole rings is 1. The second-order valence-electron chi connectivity index (χ2n) is 17.8. The number of β-amino-alcohol motifs (C(OH)–C–C–N with tert-alkyl or cyclic N) is 1. The van der Waals surface area contributed by atoms with Gasteiger partial charge >= 0.3 is 0 Å². The van der Waals surface area contributed by atoms with Crippen molar-refractivity contribution in [3.63, 3.8) is 0 Å². The lowest BCUT2D eigenvalue weighted by Gasteiger charge is -2.30. The van der Waals surface area contributed by atoms with Gasteiger partial charge in [-0.2, -0.15) is 5.10 Å². The van der Waals surface area contributed by atoms with E-state index in [1.165, 1.54) is 9.78 Å². The average molecular weight is 986 g/mol. The number of amides is 3. The SMILES string of the molecule is Cc1ncsc1-c1ccc(CNC(=O)[C@@H]2C[C@@H](O)CN2C(=O)[C@H](C(C)C)n2cc(-c3cccc(OCCNC(=O)CC4N=C(c5ccc(Cl)cc5)c5c(sc(C)c5C)-n5c(C)nnc54)c3)cn2)cc1. The van der Waals surface area contributed by atoms with Crippen LogP contribution in [0.3, 0.4) is 0 Å². The van der Waals surface area contributed by atoms with E-state index in [9.17, 15) is 19.5 Å². The number of likely N-dealkylation sites (tertiary alicyclic amines) is 1. The molecule has 2 aliphatic rings. The molecular weight excluding hydrogens is 932 g/mol. The van der Waals surface area contributed by atoms with Crippen molar-refractivity contribution in [2.45, 2.75) is 85.2 Å². The highest BCUT2D eigenvalue weighted by atomic mass is 35.5. The van der Waals surface area contributed by atoms with Crippen LogP contribution >= 0.6 is 34.3 Å². The van der Waals surface area contributed by atoms with Crippen molar-refractivity contribution >= 4 is 57.7 Å². The smallest absolute Gasteiger partial charge is 0.248 e. The number of aliphatic hydroxyl groups excluding tert-OH is 1. The number of thiophene rings is 1. The zero-order valence-electron chi connectivity index (χ0n) is 39.1. The summed E-state index contributed by atoms with van der Waals surface area (Å²) in [6.45, 7) is 12.7. The van der Waals surface area contributed by atoms with Crippen LogP contribution in [0.5, 0.6) is 5.75 Å². The van der Waals surface area contributed by atoms with E-state index in [1.54, 1.807) is 33.6 Å². The Morgan fingerprint density at radius 2 is 1.71 bits per heavy atom. The van der Waals surface area contributed by atoms with Crippen molar-refractivity contribution in [1.82, 2.24) is 45.1 Å². The van der Waals surface area contributed by atoms with E-state index in [1.807, 2.05) is 117 Å². The van der Waals surface area contributed by atoms with Crippen LogP contribution < -0.4 is 15.4 Å². The predicted octanol–water partition coefficient (Wildman–Crippen LogP) is 8.16. The number of nitrogens with one attached hydrogen (secondary N) is 2. The van der Waals surface area contributed by atoms with E-state index in [2.05, 4.69) is 44.8 Å². The molecule has 7 aromatic rings. The van der Waals surface area contributed by atoms with Crippen molar-refractivity contribution in [3.05, 3.63) is 140 Å². The highest BCUT2D eigenvalue weighted by Gasteiger charge is 2.42.